The summed E-state index contributed by atoms with van der Waals surface area (Å²) in [6.07, 6.45) is 19.7. The summed E-state index contributed by atoms with van der Waals surface area (Å²) in [5.41, 5.74) is 4.80. The molecule has 33 heteroatoms. The van der Waals surface area contributed by atoms with Crippen molar-refractivity contribution in [3.63, 3.8) is 0 Å². The topological polar surface area (TPSA) is 410 Å². The first kappa shape index (κ1) is 99.6. The number of carbonyl (C=O) groups is 7. The molecule has 25 nitrogen and oxygen atoms in total. The predicted octanol–water partition coefficient (Wildman–Crippen LogP) is 7.52. The van der Waals surface area contributed by atoms with E-state index in [0.29, 0.717) is 95.5 Å². The summed E-state index contributed by atoms with van der Waals surface area (Å²) in [5, 5.41) is 57.9. The Kier molecular flexibility index (Phi) is 55.1. The number of nitrogens with one attached hydrogen (secondary N) is 3. The minimum absolute atomic E-state index is 0. The SMILES string of the molecule is CCOC(=O)CCCCCCCBr.CCOC(=O)CCCCCCCn1c(=O)oc2ccc(Cl)cc2c1=O.NC(=O)c1cc(Cl)ccc1O.O=C(O)CCCCCCCNC(=O)c1cc(Cl)ccc1O.O=C([O-])CCCCCCCNC(=O)c1cc(Cl)ccc1[O-].O=c1[nH]c(=O)c2cc(Cl)ccc2o1.[Na+].[Na+]. The maximum Gasteiger partial charge on any atom is 1.00 e. The predicted molar refractivity (Wildman–Crippen MR) is 401 cm³/mol. The Bertz CT molecular complexity index is 4020. The van der Waals surface area contributed by atoms with E-state index < -0.39 is 40.8 Å². The number of primary amides is 1. The van der Waals surface area contributed by atoms with Gasteiger partial charge in [-0.3, -0.25) is 43.3 Å². The number of aromatic hydroxyl groups is 2. The van der Waals surface area contributed by atoms with E-state index in [4.69, 9.17) is 92.3 Å². The van der Waals surface area contributed by atoms with Crippen LogP contribution in [0, 0.1) is 0 Å². The summed E-state index contributed by atoms with van der Waals surface area (Å²) >= 11 is 32.0. The van der Waals surface area contributed by atoms with Gasteiger partial charge in [-0.15, -0.1) is 0 Å². The molecule has 0 atom stereocenters. The number of amides is 3. The van der Waals surface area contributed by atoms with Crippen molar-refractivity contribution in [2.45, 2.75) is 174 Å². The second-order valence-corrected chi connectivity index (χ2v) is 25.9. The molecule has 7 aromatic rings. The van der Waals surface area contributed by atoms with Crippen LogP contribution in [0.4, 0.5) is 0 Å². The second-order valence-electron chi connectivity index (χ2n) is 22.9. The second kappa shape index (κ2) is 58.6. The summed E-state index contributed by atoms with van der Waals surface area (Å²) in [5.74, 6) is -5.45. The van der Waals surface area contributed by atoms with Crippen LogP contribution < -0.4 is 108 Å². The summed E-state index contributed by atoms with van der Waals surface area (Å²) < 4.78 is 20.7. The van der Waals surface area contributed by atoms with Crippen LogP contribution in [0.5, 0.6) is 17.2 Å². The number of nitrogens with zero attached hydrogens (tertiary/aromatic N) is 1. The molecule has 0 radical (unpaired) electrons. The van der Waals surface area contributed by atoms with Gasteiger partial charge in [-0.2, -0.15) is 0 Å². The van der Waals surface area contributed by atoms with Gasteiger partial charge >= 0.3 is 88.5 Å². The van der Waals surface area contributed by atoms with Gasteiger partial charge in [0.05, 0.1) is 35.1 Å². The largest absolute Gasteiger partial charge is 1.00 e. The van der Waals surface area contributed by atoms with E-state index in [1.54, 1.807) is 19.1 Å². The maximum absolute atomic E-state index is 12.4. The zero-order valence-corrected chi connectivity index (χ0v) is 69.3. The number of hydrogen-bond acceptors (Lipinski definition) is 19. The van der Waals surface area contributed by atoms with E-state index in [1.165, 1.54) is 98.1 Å². The quantitative estimate of drug-likeness (QED) is 0.00863. The van der Waals surface area contributed by atoms with Crippen LogP contribution in [0.3, 0.4) is 0 Å². The number of alkyl halides is 1. The van der Waals surface area contributed by atoms with E-state index in [0.717, 1.165) is 99.8 Å². The number of aromatic nitrogens is 2. The number of phenols is 2. The zero-order chi connectivity index (χ0) is 77.4. The summed E-state index contributed by atoms with van der Waals surface area (Å²) in [6.45, 7) is 5.84. The van der Waals surface area contributed by atoms with Crippen molar-refractivity contribution in [2.75, 3.05) is 31.6 Å². The van der Waals surface area contributed by atoms with Gasteiger partial charge in [-0.1, -0.05) is 163 Å². The molecule has 0 saturated heterocycles. The molecule has 0 bridgehead atoms. The molecule has 0 spiro atoms. The van der Waals surface area contributed by atoms with Gasteiger partial charge in [0, 0.05) is 80.9 Å². The molecule has 2 heterocycles. The smallest absolute Gasteiger partial charge is 0.872 e. The average Bonchev–Trinajstić information content (AvgIpc) is 0.788. The van der Waals surface area contributed by atoms with Crippen LogP contribution in [0.25, 0.3) is 21.9 Å². The van der Waals surface area contributed by atoms with Crippen molar-refractivity contribution in [1.82, 2.24) is 20.2 Å². The Morgan fingerprint density at radius 3 is 1.40 bits per heavy atom. The molecule has 106 heavy (non-hydrogen) atoms. The van der Waals surface area contributed by atoms with Gasteiger partial charge in [0.2, 0.25) is 0 Å². The van der Waals surface area contributed by atoms with Crippen molar-refractivity contribution >= 4 is 137 Å². The average molecular weight is 1660 g/mol. The number of H-pyrrole nitrogens is 1. The van der Waals surface area contributed by atoms with Crippen molar-refractivity contribution < 1.29 is 137 Å². The number of fused-ring (bicyclic) bond motifs is 2. The zero-order valence-electron chi connectivity index (χ0n) is 59.9. The Balaban J connectivity index is 0.00000127. The number of hydrogen-bond donors (Lipinski definition) is 7. The fourth-order valence-corrected chi connectivity index (χ4v) is 10.6. The van der Waals surface area contributed by atoms with Crippen molar-refractivity contribution in [1.29, 1.82) is 0 Å². The van der Waals surface area contributed by atoms with Crippen LogP contribution in [-0.2, 0) is 35.2 Å². The first-order valence-electron chi connectivity index (χ1n) is 33.9. The van der Waals surface area contributed by atoms with Gasteiger partial charge in [-0.05, 0) is 157 Å². The number of nitrogens with two attached hydrogens (primary N) is 1. The fraction of sp³-hybridized carbons (Fsp3) is 0.438. The summed E-state index contributed by atoms with van der Waals surface area (Å²) in [4.78, 5) is 125. The number of carboxylic acid groups (broad SMARTS) is 2. The molecule has 0 aliphatic heterocycles. The Morgan fingerprint density at radius 1 is 0.519 bits per heavy atom. The van der Waals surface area contributed by atoms with Gasteiger partial charge in [0.25, 0.3) is 28.8 Å². The van der Waals surface area contributed by atoms with Crippen LogP contribution >= 0.6 is 73.9 Å². The monoisotopic (exact) mass is 1660 g/mol. The maximum atomic E-state index is 12.4. The number of halogens is 6. The number of benzene rings is 5. The summed E-state index contributed by atoms with van der Waals surface area (Å²) in [7, 11) is 0. The number of phenolic OH excluding ortho intramolecular Hbond substituents is 1. The molecule has 8 N–H and O–H groups in total. The minimum Gasteiger partial charge on any atom is -0.872 e. The van der Waals surface area contributed by atoms with Gasteiger partial charge < -0.3 is 65.0 Å². The standard InChI is InChI=1S/C18H22ClNO5.2C15H20ClNO4.C10H19BrO2.C8H4ClNO3.C7H6ClNO2.2Na/c1-2-24-16(21)8-6-4-3-5-7-11-20-17(22)14-12-13(19)9-10-15(14)25-18(20)23;2*16-11-7-8-13(18)12(10-11)15(21)17-9-5-3-1-2-4-6-14(19)20;1-2-13-10(12)8-6-4-3-5-7-9-11;9-4-1-2-6-5(3-4)7(11)10-8(12)13-6;8-4-1-2-6(10)5(3-4)7(9)11;;/h9-10,12H,2-8,11H2,1H3;2*7-8,10,18H,1-6,9H2,(H,17,21)(H,19,20);2-9H2,1H3;1-3H,(H,10,11,12);1-3,10H,(H2,9,11);;/q;;;;;;2*+1/p-2. The number of carbonyl (C=O) groups excluding carboxylic acids is 6. The van der Waals surface area contributed by atoms with E-state index in [-0.39, 0.29) is 146 Å². The van der Waals surface area contributed by atoms with Crippen LogP contribution in [-0.4, -0.2) is 98.1 Å². The first-order chi connectivity index (χ1) is 49.6. The molecule has 570 valence electrons. The van der Waals surface area contributed by atoms with E-state index in [9.17, 15) is 68.1 Å². The summed E-state index contributed by atoms with van der Waals surface area (Å²) in [6, 6.07) is 21.6. The van der Waals surface area contributed by atoms with E-state index in [1.807, 2.05) is 11.9 Å². The molecule has 3 amide bonds. The fourth-order valence-electron chi connectivity index (χ4n) is 9.34. The van der Waals surface area contributed by atoms with Gasteiger partial charge in [0.1, 0.15) is 22.7 Å². The number of aliphatic carboxylic acids is 2. The Hall–Kier alpha value is -6.40. The van der Waals surface area contributed by atoms with Crippen LogP contribution in [0.1, 0.15) is 199 Å². The molecule has 7 rings (SSSR count). The Labute approximate surface area is 691 Å². The van der Waals surface area contributed by atoms with Crippen LogP contribution in [0.15, 0.2) is 119 Å². The van der Waals surface area contributed by atoms with E-state index >= 15 is 0 Å². The third-order valence-electron chi connectivity index (χ3n) is 14.6. The molecular formula is C73H89BrCl5N5Na2O20. The normalized spacial score (nSPS) is 10.2. The third-order valence-corrected chi connectivity index (χ3v) is 16.4. The third kappa shape index (κ3) is 43.6. The number of esters is 2. The van der Waals surface area contributed by atoms with Crippen molar-refractivity contribution in [3.8, 4) is 17.2 Å². The molecule has 0 aliphatic rings. The van der Waals surface area contributed by atoms with Crippen molar-refractivity contribution in [2.24, 2.45) is 5.73 Å². The molecular weight excluding hydrogens is 1570 g/mol. The minimum atomic E-state index is -1.02. The van der Waals surface area contributed by atoms with Gasteiger partial charge in [0.15, 0.2) is 0 Å². The van der Waals surface area contributed by atoms with E-state index in [2.05, 4.69) is 26.6 Å². The first-order valence-corrected chi connectivity index (χ1v) is 36.9. The van der Waals surface area contributed by atoms with Crippen molar-refractivity contribution in [3.05, 3.63) is 175 Å². The number of unbranched alkanes of at least 4 members (excludes halogenated alkanes) is 16. The molecule has 5 aromatic carbocycles. The Morgan fingerprint density at radius 2 is 0.915 bits per heavy atom. The van der Waals surface area contributed by atoms with Gasteiger partial charge in [-0.25, -0.2) is 14.2 Å². The number of ether oxygens (including phenoxy) is 2. The molecule has 0 aliphatic carbocycles. The number of carboxylic acids is 2. The molecule has 0 saturated carbocycles. The molecule has 0 unspecified atom stereocenters. The molecule has 2 aromatic heterocycles. The van der Waals surface area contributed by atoms with Crippen LogP contribution in [0.2, 0.25) is 25.1 Å². The number of rotatable bonds is 36. The number of aromatic amines is 1. The molecule has 0 fully saturated rings.